The van der Waals surface area contributed by atoms with Gasteiger partial charge in [0.2, 0.25) is 5.91 Å². The molecule has 3 nitrogen and oxygen atoms in total. The average molecular weight is 276 g/mol. The van der Waals surface area contributed by atoms with Gasteiger partial charge in [0.1, 0.15) is 11.6 Å². The van der Waals surface area contributed by atoms with Gasteiger partial charge in [0.25, 0.3) is 0 Å². The average Bonchev–Trinajstić information content (AvgIpc) is 2.38. The van der Waals surface area contributed by atoms with Crippen LogP contribution in [0.1, 0.15) is 11.1 Å². The first-order chi connectivity index (χ1) is 9.47. The molecule has 2 rings (SSSR count). The van der Waals surface area contributed by atoms with Crippen molar-refractivity contribution in [2.45, 2.75) is 13.3 Å². The second-order valence-corrected chi connectivity index (χ2v) is 4.50. The Morgan fingerprint density at radius 3 is 2.45 bits per heavy atom. The van der Waals surface area contributed by atoms with Crippen LogP contribution < -0.4 is 11.1 Å². The Morgan fingerprint density at radius 1 is 1.20 bits per heavy atom. The summed E-state index contributed by atoms with van der Waals surface area (Å²) in [6, 6.07) is 8.54. The van der Waals surface area contributed by atoms with Crippen LogP contribution in [0, 0.1) is 18.6 Å². The first kappa shape index (κ1) is 14.0. The zero-order chi connectivity index (χ0) is 14.7. The van der Waals surface area contributed by atoms with E-state index in [-0.39, 0.29) is 12.0 Å². The van der Waals surface area contributed by atoms with Gasteiger partial charge in [-0.1, -0.05) is 12.1 Å². The number of nitrogen functional groups attached to an aromatic ring is 1. The minimum Gasteiger partial charge on any atom is -0.398 e. The van der Waals surface area contributed by atoms with Crippen molar-refractivity contribution in [3.8, 4) is 0 Å². The number of anilines is 2. The fraction of sp³-hybridized carbons (Fsp3) is 0.133. The second-order valence-electron chi connectivity index (χ2n) is 4.50. The van der Waals surface area contributed by atoms with Crippen LogP contribution in [-0.4, -0.2) is 5.91 Å². The van der Waals surface area contributed by atoms with Gasteiger partial charge in [-0.2, -0.15) is 0 Å². The van der Waals surface area contributed by atoms with E-state index in [1.807, 2.05) is 6.92 Å². The maximum Gasteiger partial charge on any atom is 0.229 e. The summed E-state index contributed by atoms with van der Waals surface area (Å²) in [4.78, 5) is 11.8. The quantitative estimate of drug-likeness (QED) is 0.847. The van der Waals surface area contributed by atoms with Crippen LogP contribution in [0.25, 0.3) is 0 Å². The molecule has 0 aromatic heterocycles. The zero-order valence-electron chi connectivity index (χ0n) is 10.9. The summed E-state index contributed by atoms with van der Waals surface area (Å²) in [5.74, 6) is -1.97. The van der Waals surface area contributed by atoms with Crippen molar-refractivity contribution in [2.24, 2.45) is 0 Å². The molecule has 3 N–H and O–H groups in total. The number of nitrogens with one attached hydrogen (secondary N) is 1. The Labute approximate surface area is 115 Å². The number of hydrogen-bond donors (Lipinski definition) is 2. The van der Waals surface area contributed by atoms with Crippen LogP contribution in [0.5, 0.6) is 0 Å². The number of benzene rings is 2. The Hall–Kier alpha value is -2.43. The van der Waals surface area contributed by atoms with E-state index in [0.717, 1.165) is 17.7 Å². The van der Waals surface area contributed by atoms with Crippen molar-refractivity contribution in [1.82, 2.24) is 0 Å². The van der Waals surface area contributed by atoms with Gasteiger partial charge in [-0.25, -0.2) is 8.78 Å². The molecule has 2 aromatic rings. The van der Waals surface area contributed by atoms with Gasteiger partial charge < -0.3 is 11.1 Å². The molecule has 0 aliphatic carbocycles. The molecule has 0 heterocycles. The summed E-state index contributed by atoms with van der Waals surface area (Å²) in [6.07, 6.45) is -0.369. The second kappa shape index (κ2) is 5.69. The predicted molar refractivity (Wildman–Crippen MR) is 74.3 cm³/mol. The Kier molecular flexibility index (Phi) is 3.98. The van der Waals surface area contributed by atoms with Crippen LogP contribution >= 0.6 is 0 Å². The molecule has 104 valence electrons. The standard InChI is InChI=1S/C15H14F2N2O/c1-9-5-6-10(7-14(9)18)19-15(20)8-11-12(16)3-2-4-13(11)17/h2-7H,8,18H2,1H3,(H,19,20). The molecule has 0 unspecified atom stereocenters. The van der Waals surface area contributed by atoms with Crippen molar-refractivity contribution in [3.63, 3.8) is 0 Å². The highest BCUT2D eigenvalue weighted by atomic mass is 19.1. The summed E-state index contributed by atoms with van der Waals surface area (Å²) < 4.78 is 26.9. The number of nitrogens with two attached hydrogens (primary N) is 1. The lowest BCUT2D eigenvalue weighted by molar-refractivity contribution is -0.115. The summed E-state index contributed by atoms with van der Waals surface area (Å²) in [6.45, 7) is 1.84. The van der Waals surface area contributed by atoms with Crippen molar-refractivity contribution in [1.29, 1.82) is 0 Å². The first-order valence-electron chi connectivity index (χ1n) is 6.06. The van der Waals surface area contributed by atoms with E-state index in [1.165, 1.54) is 6.07 Å². The highest BCUT2D eigenvalue weighted by Gasteiger charge is 2.13. The number of halogens is 2. The number of hydrogen-bond acceptors (Lipinski definition) is 2. The van der Waals surface area contributed by atoms with Gasteiger partial charge in [0.05, 0.1) is 6.42 Å². The zero-order valence-corrected chi connectivity index (χ0v) is 10.9. The molecule has 0 spiro atoms. The molecule has 0 bridgehead atoms. The molecule has 0 saturated carbocycles. The Morgan fingerprint density at radius 2 is 1.85 bits per heavy atom. The number of carbonyl (C=O) groups is 1. The SMILES string of the molecule is Cc1ccc(NC(=O)Cc2c(F)cccc2F)cc1N. The lowest BCUT2D eigenvalue weighted by Gasteiger charge is -2.08. The maximum atomic E-state index is 13.4. The van der Waals surface area contributed by atoms with Gasteiger partial charge in [0.15, 0.2) is 0 Å². The van der Waals surface area contributed by atoms with E-state index in [9.17, 15) is 13.6 Å². The summed E-state index contributed by atoms with van der Waals surface area (Å²) in [7, 11) is 0. The highest BCUT2D eigenvalue weighted by molar-refractivity contribution is 5.92. The minimum atomic E-state index is -0.733. The van der Waals surface area contributed by atoms with Crippen molar-refractivity contribution >= 4 is 17.3 Å². The van der Waals surface area contributed by atoms with E-state index in [1.54, 1.807) is 18.2 Å². The normalized spacial score (nSPS) is 10.3. The molecule has 0 atom stereocenters. The monoisotopic (exact) mass is 276 g/mol. The molecule has 20 heavy (non-hydrogen) atoms. The minimum absolute atomic E-state index is 0.245. The summed E-state index contributed by atoms with van der Waals surface area (Å²) in [5.41, 5.74) is 7.41. The van der Waals surface area contributed by atoms with E-state index < -0.39 is 17.5 Å². The van der Waals surface area contributed by atoms with Gasteiger partial charge in [0, 0.05) is 16.9 Å². The number of amides is 1. The smallest absolute Gasteiger partial charge is 0.229 e. The van der Waals surface area contributed by atoms with Gasteiger partial charge in [-0.3, -0.25) is 4.79 Å². The molecule has 0 radical (unpaired) electrons. The van der Waals surface area contributed by atoms with Gasteiger partial charge in [-0.15, -0.1) is 0 Å². The van der Waals surface area contributed by atoms with Crippen molar-refractivity contribution in [2.75, 3.05) is 11.1 Å². The van der Waals surface area contributed by atoms with Gasteiger partial charge in [-0.05, 0) is 36.8 Å². The van der Waals surface area contributed by atoms with E-state index >= 15 is 0 Å². The van der Waals surface area contributed by atoms with Crippen molar-refractivity contribution < 1.29 is 13.6 Å². The van der Waals surface area contributed by atoms with Crippen LogP contribution in [0.3, 0.4) is 0 Å². The van der Waals surface area contributed by atoms with Crippen LogP contribution in [0.2, 0.25) is 0 Å². The third kappa shape index (κ3) is 3.12. The lowest BCUT2D eigenvalue weighted by Crippen LogP contribution is -2.16. The Balaban J connectivity index is 2.11. The molecular formula is C15H14F2N2O. The number of rotatable bonds is 3. The lowest BCUT2D eigenvalue weighted by atomic mass is 10.1. The molecule has 1 amide bonds. The van der Waals surface area contributed by atoms with Crippen molar-refractivity contribution in [3.05, 3.63) is 59.2 Å². The molecular weight excluding hydrogens is 262 g/mol. The molecule has 0 saturated heterocycles. The molecule has 0 fully saturated rings. The number of carbonyl (C=O) groups excluding carboxylic acids is 1. The summed E-state index contributed by atoms with van der Waals surface area (Å²) >= 11 is 0. The fourth-order valence-electron chi connectivity index (χ4n) is 1.79. The number of aryl methyl sites for hydroxylation is 1. The van der Waals surface area contributed by atoms with Gasteiger partial charge >= 0.3 is 0 Å². The topological polar surface area (TPSA) is 55.1 Å². The predicted octanol–water partition coefficient (Wildman–Crippen LogP) is 3.04. The Bertz CT molecular complexity index is 636. The maximum absolute atomic E-state index is 13.4. The molecule has 5 heteroatoms. The third-order valence-electron chi connectivity index (χ3n) is 2.96. The van der Waals surface area contributed by atoms with Crippen LogP contribution in [0.4, 0.5) is 20.2 Å². The molecule has 2 aromatic carbocycles. The van der Waals surface area contributed by atoms with Crippen LogP contribution in [-0.2, 0) is 11.2 Å². The molecule has 0 aliphatic heterocycles. The summed E-state index contributed by atoms with van der Waals surface area (Å²) in [5, 5.41) is 2.56. The van der Waals surface area contributed by atoms with E-state index in [2.05, 4.69) is 5.32 Å². The first-order valence-corrected chi connectivity index (χ1v) is 6.06. The fourth-order valence-corrected chi connectivity index (χ4v) is 1.79. The third-order valence-corrected chi connectivity index (χ3v) is 2.96. The molecule has 0 aliphatic rings. The highest BCUT2D eigenvalue weighted by Crippen LogP contribution is 2.18. The van der Waals surface area contributed by atoms with Crippen LogP contribution in [0.15, 0.2) is 36.4 Å². The van der Waals surface area contributed by atoms with E-state index in [4.69, 9.17) is 5.73 Å². The van der Waals surface area contributed by atoms with E-state index in [0.29, 0.717) is 11.4 Å². The largest absolute Gasteiger partial charge is 0.398 e.